The molecule has 21 heavy (non-hydrogen) atoms. The van der Waals surface area contributed by atoms with Gasteiger partial charge in [-0.05, 0) is 31.4 Å². The lowest BCUT2D eigenvalue weighted by Gasteiger charge is -2.39. The molecule has 1 aliphatic rings. The fourth-order valence-electron chi connectivity index (χ4n) is 2.35. The van der Waals surface area contributed by atoms with Gasteiger partial charge in [0.05, 0.1) is 17.0 Å². The van der Waals surface area contributed by atoms with Gasteiger partial charge in [-0.3, -0.25) is 4.72 Å². The number of carbonyl (C=O) groups is 1. The van der Waals surface area contributed by atoms with Crippen molar-refractivity contribution < 1.29 is 27.4 Å². The van der Waals surface area contributed by atoms with Gasteiger partial charge in [0, 0.05) is 7.11 Å². The molecular formula is C13H16FNO5S. The van der Waals surface area contributed by atoms with Gasteiger partial charge in [-0.2, -0.15) is 0 Å². The van der Waals surface area contributed by atoms with E-state index in [0.29, 0.717) is 12.8 Å². The van der Waals surface area contributed by atoms with Crippen LogP contribution in [0.25, 0.3) is 0 Å². The number of methoxy groups -OCH3 is 1. The normalized spacial score (nSPS) is 17.0. The van der Waals surface area contributed by atoms with E-state index in [9.17, 15) is 17.6 Å². The topological polar surface area (TPSA) is 92.7 Å². The van der Waals surface area contributed by atoms with Gasteiger partial charge >= 0.3 is 5.97 Å². The Bertz CT molecular complexity index is 649. The smallest absolute Gasteiger partial charge is 0.340 e. The van der Waals surface area contributed by atoms with Crippen molar-refractivity contribution in [2.24, 2.45) is 0 Å². The summed E-state index contributed by atoms with van der Waals surface area (Å²) in [5.41, 5.74) is -1.71. The number of aromatic carboxylic acids is 1. The Morgan fingerprint density at radius 1 is 1.48 bits per heavy atom. The molecule has 2 N–H and O–H groups in total. The summed E-state index contributed by atoms with van der Waals surface area (Å²) < 4.78 is 45.2. The fraction of sp³-hybridized carbons (Fsp3) is 0.462. The van der Waals surface area contributed by atoms with Gasteiger partial charge in [-0.1, -0.05) is 6.07 Å². The molecule has 0 heterocycles. The van der Waals surface area contributed by atoms with Crippen LogP contribution in [0.2, 0.25) is 0 Å². The van der Waals surface area contributed by atoms with Crippen molar-refractivity contribution in [2.75, 3.05) is 17.6 Å². The van der Waals surface area contributed by atoms with E-state index in [0.717, 1.165) is 12.5 Å². The van der Waals surface area contributed by atoms with Gasteiger partial charge in [0.15, 0.2) is 0 Å². The minimum Gasteiger partial charge on any atom is -0.478 e. The first-order valence-electron chi connectivity index (χ1n) is 6.36. The van der Waals surface area contributed by atoms with Gasteiger partial charge in [-0.15, -0.1) is 0 Å². The second-order valence-electron chi connectivity index (χ2n) is 5.07. The number of benzene rings is 1. The number of hydrogen-bond donors (Lipinski definition) is 2. The molecule has 0 aliphatic heterocycles. The second kappa shape index (κ2) is 5.61. The summed E-state index contributed by atoms with van der Waals surface area (Å²) in [4.78, 5) is 11.0. The number of nitrogens with one attached hydrogen (secondary N) is 1. The Labute approximate surface area is 122 Å². The quantitative estimate of drug-likeness (QED) is 0.835. The minimum atomic E-state index is -3.84. The molecule has 0 bridgehead atoms. The molecular weight excluding hydrogens is 301 g/mol. The number of ether oxygens (including phenoxy) is 1. The highest BCUT2D eigenvalue weighted by molar-refractivity contribution is 7.92. The molecule has 1 aromatic carbocycles. The number of anilines is 1. The van der Waals surface area contributed by atoms with Crippen LogP contribution in [0.3, 0.4) is 0 Å². The number of rotatable bonds is 6. The Morgan fingerprint density at radius 2 is 2.14 bits per heavy atom. The van der Waals surface area contributed by atoms with Crippen molar-refractivity contribution >= 4 is 21.7 Å². The minimum absolute atomic E-state index is 0.284. The van der Waals surface area contributed by atoms with Crippen molar-refractivity contribution in [3.05, 3.63) is 29.6 Å². The molecule has 0 spiro atoms. The van der Waals surface area contributed by atoms with Crippen molar-refractivity contribution in [2.45, 2.75) is 24.9 Å². The maximum absolute atomic E-state index is 13.5. The molecule has 1 aromatic rings. The third-order valence-electron chi connectivity index (χ3n) is 3.64. The lowest BCUT2D eigenvalue weighted by atomic mass is 9.82. The molecule has 0 unspecified atom stereocenters. The highest BCUT2D eigenvalue weighted by Gasteiger charge is 2.41. The van der Waals surface area contributed by atoms with Crippen LogP contribution in [0.5, 0.6) is 0 Å². The lowest BCUT2D eigenvalue weighted by Crippen LogP contribution is -2.46. The van der Waals surface area contributed by atoms with Crippen LogP contribution < -0.4 is 4.72 Å². The van der Waals surface area contributed by atoms with Crippen LogP contribution in [0, 0.1) is 5.82 Å². The molecule has 116 valence electrons. The number of sulfonamides is 1. The molecule has 1 saturated carbocycles. The zero-order chi connectivity index (χ0) is 15.7. The van der Waals surface area contributed by atoms with E-state index in [1.54, 1.807) is 0 Å². The Kier molecular flexibility index (Phi) is 4.20. The van der Waals surface area contributed by atoms with E-state index in [1.807, 2.05) is 0 Å². The van der Waals surface area contributed by atoms with Gasteiger partial charge in [0.25, 0.3) is 0 Å². The predicted octanol–water partition coefficient (Wildman–Crippen LogP) is 1.83. The number of halogens is 1. The summed E-state index contributed by atoms with van der Waals surface area (Å²) in [5, 5.41) is 8.98. The zero-order valence-corrected chi connectivity index (χ0v) is 12.2. The van der Waals surface area contributed by atoms with E-state index >= 15 is 0 Å². The number of carboxylic acid groups (broad SMARTS) is 1. The third-order valence-corrected chi connectivity index (χ3v) is 5.08. The molecule has 0 atom stereocenters. The van der Waals surface area contributed by atoms with Gasteiger partial charge in [-0.25, -0.2) is 17.6 Å². The van der Waals surface area contributed by atoms with Crippen LogP contribution in [-0.2, 0) is 14.8 Å². The Hall–Kier alpha value is -1.67. The fourth-order valence-corrected chi connectivity index (χ4v) is 4.03. The predicted molar refractivity (Wildman–Crippen MR) is 74.4 cm³/mol. The number of carboxylic acids is 1. The summed E-state index contributed by atoms with van der Waals surface area (Å²) in [5.74, 6) is -2.81. The van der Waals surface area contributed by atoms with Crippen molar-refractivity contribution in [1.29, 1.82) is 0 Å². The molecule has 1 aliphatic carbocycles. The summed E-state index contributed by atoms with van der Waals surface area (Å²) in [7, 11) is -2.40. The molecule has 0 amide bonds. The SMILES string of the molecule is COC1(CS(=O)(=O)Nc2cccc(F)c2C(=O)O)CCC1. The molecule has 0 aromatic heterocycles. The monoisotopic (exact) mass is 317 g/mol. The van der Waals surface area contributed by atoms with Crippen molar-refractivity contribution in [1.82, 2.24) is 0 Å². The standard InChI is InChI=1S/C13H16FNO5S/c1-20-13(6-3-7-13)8-21(18,19)15-10-5-2-4-9(14)11(10)12(16)17/h2,4-5,15H,3,6-8H2,1H3,(H,16,17). The average Bonchev–Trinajstić information content (AvgIpc) is 2.33. The average molecular weight is 317 g/mol. The van der Waals surface area contributed by atoms with Crippen LogP contribution in [-0.4, -0.2) is 38.0 Å². The zero-order valence-electron chi connectivity index (χ0n) is 11.4. The molecule has 8 heteroatoms. The van der Waals surface area contributed by atoms with Gasteiger partial charge in [0.1, 0.15) is 11.4 Å². The van der Waals surface area contributed by atoms with E-state index in [-0.39, 0.29) is 11.4 Å². The highest BCUT2D eigenvalue weighted by Crippen LogP contribution is 2.36. The largest absolute Gasteiger partial charge is 0.478 e. The molecule has 1 fully saturated rings. The highest BCUT2D eigenvalue weighted by atomic mass is 32.2. The third kappa shape index (κ3) is 3.33. The molecule has 2 rings (SSSR count). The summed E-state index contributed by atoms with van der Waals surface area (Å²) >= 11 is 0. The van der Waals surface area contributed by atoms with Crippen LogP contribution in [0.15, 0.2) is 18.2 Å². The van der Waals surface area contributed by atoms with Crippen LogP contribution in [0.1, 0.15) is 29.6 Å². The van der Waals surface area contributed by atoms with E-state index in [4.69, 9.17) is 9.84 Å². The molecule has 6 nitrogen and oxygen atoms in total. The first-order valence-corrected chi connectivity index (χ1v) is 8.01. The molecule has 0 saturated heterocycles. The number of hydrogen-bond acceptors (Lipinski definition) is 4. The summed E-state index contributed by atoms with van der Waals surface area (Å²) in [6.45, 7) is 0. The first-order chi connectivity index (χ1) is 9.79. The lowest BCUT2D eigenvalue weighted by molar-refractivity contribution is -0.0524. The van der Waals surface area contributed by atoms with Crippen molar-refractivity contribution in [3.63, 3.8) is 0 Å². The summed E-state index contributed by atoms with van der Waals surface area (Å²) in [6.07, 6.45) is 2.13. The Morgan fingerprint density at radius 3 is 2.62 bits per heavy atom. The van der Waals surface area contributed by atoms with Gasteiger partial charge in [0.2, 0.25) is 10.0 Å². The van der Waals surface area contributed by atoms with Gasteiger partial charge < -0.3 is 9.84 Å². The van der Waals surface area contributed by atoms with E-state index in [1.165, 1.54) is 19.2 Å². The maximum atomic E-state index is 13.5. The molecule has 0 radical (unpaired) electrons. The first kappa shape index (κ1) is 15.7. The maximum Gasteiger partial charge on any atom is 0.340 e. The summed E-state index contributed by atoms with van der Waals surface area (Å²) in [6, 6.07) is 3.42. The van der Waals surface area contributed by atoms with E-state index in [2.05, 4.69) is 4.72 Å². The second-order valence-corrected chi connectivity index (χ2v) is 6.79. The van der Waals surface area contributed by atoms with Crippen molar-refractivity contribution in [3.8, 4) is 0 Å². The Balaban J connectivity index is 2.25. The van der Waals surface area contributed by atoms with Crippen LogP contribution >= 0.6 is 0 Å². The van der Waals surface area contributed by atoms with E-state index < -0.39 is 33.0 Å². The van der Waals surface area contributed by atoms with Crippen LogP contribution in [0.4, 0.5) is 10.1 Å².